The van der Waals surface area contributed by atoms with Crippen LogP contribution in [0.1, 0.15) is 5.56 Å². The van der Waals surface area contributed by atoms with Gasteiger partial charge in [-0.3, -0.25) is 4.98 Å². The average Bonchev–Trinajstić information content (AvgIpc) is 3.09. The highest BCUT2D eigenvalue weighted by Crippen LogP contribution is 2.34. The molecule has 0 unspecified atom stereocenters. The number of aryl methyl sites for hydroxylation is 1. The molecule has 0 aliphatic heterocycles. The Bertz CT molecular complexity index is 1320. The lowest BCUT2D eigenvalue weighted by Gasteiger charge is -2.06. The number of benzene rings is 3. The summed E-state index contributed by atoms with van der Waals surface area (Å²) in [5, 5.41) is 7.12. The molecule has 0 amide bonds. The van der Waals surface area contributed by atoms with Crippen molar-refractivity contribution in [2.45, 2.75) is 6.92 Å². The number of pyridine rings is 1. The van der Waals surface area contributed by atoms with Gasteiger partial charge in [-0.25, -0.2) is 9.07 Å². The van der Waals surface area contributed by atoms with Gasteiger partial charge < -0.3 is 0 Å². The predicted molar refractivity (Wildman–Crippen MR) is 112 cm³/mol. The normalized spacial score (nSPS) is 11.4. The van der Waals surface area contributed by atoms with Crippen LogP contribution in [-0.2, 0) is 0 Å². The Balaban J connectivity index is 1.90. The van der Waals surface area contributed by atoms with Crippen molar-refractivity contribution in [3.8, 4) is 16.9 Å². The number of nitrogens with zero attached hydrogens (tertiary/aromatic N) is 3. The zero-order valence-electron chi connectivity index (χ0n) is 15.0. The second-order valence-corrected chi connectivity index (χ2v) is 7.22. The van der Waals surface area contributed by atoms with Crippen molar-refractivity contribution in [2.75, 3.05) is 0 Å². The van der Waals surface area contributed by atoms with E-state index in [1.807, 2.05) is 54.2 Å². The van der Waals surface area contributed by atoms with E-state index in [1.54, 1.807) is 6.07 Å². The molecular weight excluding hydrogens is 373 g/mol. The summed E-state index contributed by atoms with van der Waals surface area (Å²) in [4.78, 5) is 4.53. The topological polar surface area (TPSA) is 30.7 Å². The Morgan fingerprint density at radius 3 is 2.39 bits per heavy atom. The lowest BCUT2D eigenvalue weighted by atomic mass is 10.1. The van der Waals surface area contributed by atoms with Gasteiger partial charge in [0.2, 0.25) is 0 Å². The van der Waals surface area contributed by atoms with Crippen LogP contribution in [0, 0.1) is 12.7 Å². The lowest BCUT2D eigenvalue weighted by Crippen LogP contribution is -1.97. The number of rotatable bonds is 2. The summed E-state index contributed by atoms with van der Waals surface area (Å²) >= 11 is 6.06. The molecule has 5 aromatic rings. The number of aromatic nitrogens is 3. The molecule has 0 saturated heterocycles. The lowest BCUT2D eigenvalue weighted by molar-refractivity contribution is 0.629. The number of fused-ring (bicyclic) bond motifs is 3. The maximum absolute atomic E-state index is 14.1. The van der Waals surface area contributed by atoms with Crippen molar-refractivity contribution in [2.24, 2.45) is 0 Å². The number of halogens is 2. The first kappa shape index (κ1) is 16.9. The van der Waals surface area contributed by atoms with Crippen LogP contribution >= 0.6 is 11.6 Å². The zero-order valence-corrected chi connectivity index (χ0v) is 15.8. The third-order valence-corrected chi connectivity index (χ3v) is 5.12. The van der Waals surface area contributed by atoms with Crippen LogP contribution in [0.3, 0.4) is 0 Å². The van der Waals surface area contributed by atoms with Crippen LogP contribution < -0.4 is 0 Å². The van der Waals surface area contributed by atoms with E-state index in [9.17, 15) is 4.39 Å². The van der Waals surface area contributed by atoms with Gasteiger partial charge in [0.15, 0.2) is 0 Å². The number of hydrogen-bond acceptors (Lipinski definition) is 2. The third-order valence-electron chi connectivity index (χ3n) is 4.86. The summed E-state index contributed by atoms with van der Waals surface area (Å²) in [6.07, 6.45) is 1.81. The molecule has 136 valence electrons. The van der Waals surface area contributed by atoms with E-state index in [2.05, 4.69) is 17.1 Å². The fraction of sp³-hybridized carbons (Fsp3) is 0.0435. The largest absolute Gasteiger partial charge is 0.255 e. The van der Waals surface area contributed by atoms with Crippen molar-refractivity contribution in [1.82, 2.24) is 14.8 Å². The van der Waals surface area contributed by atoms with E-state index in [0.29, 0.717) is 5.02 Å². The highest BCUT2D eigenvalue weighted by Gasteiger charge is 2.17. The second-order valence-electron chi connectivity index (χ2n) is 6.78. The van der Waals surface area contributed by atoms with Gasteiger partial charge in [-0.05, 0) is 49.4 Å². The Hall–Kier alpha value is -3.24. The minimum atomic E-state index is -0.303. The Labute approximate surface area is 166 Å². The second kappa shape index (κ2) is 6.43. The molecule has 3 aromatic carbocycles. The SMILES string of the molecule is Cc1ccc(-c2nn(-c3ccc(Cl)cc3)c3c2cnc2ccc(F)cc23)cc1. The Morgan fingerprint density at radius 1 is 0.893 bits per heavy atom. The maximum Gasteiger partial charge on any atom is 0.124 e. The summed E-state index contributed by atoms with van der Waals surface area (Å²) in [5.74, 6) is -0.303. The molecule has 0 fully saturated rings. The minimum absolute atomic E-state index is 0.303. The molecule has 0 N–H and O–H groups in total. The summed E-state index contributed by atoms with van der Waals surface area (Å²) < 4.78 is 15.9. The van der Waals surface area contributed by atoms with Crippen molar-refractivity contribution >= 4 is 33.4 Å². The zero-order chi connectivity index (χ0) is 19.3. The van der Waals surface area contributed by atoms with Crippen molar-refractivity contribution in [3.63, 3.8) is 0 Å². The van der Waals surface area contributed by atoms with Gasteiger partial charge in [0.1, 0.15) is 11.5 Å². The molecule has 0 spiro atoms. The van der Waals surface area contributed by atoms with Gasteiger partial charge in [0.05, 0.1) is 16.7 Å². The van der Waals surface area contributed by atoms with E-state index in [0.717, 1.165) is 38.8 Å². The molecule has 5 rings (SSSR count). The molecule has 0 aliphatic carbocycles. The first-order valence-corrected chi connectivity index (χ1v) is 9.28. The molecule has 2 heterocycles. The van der Waals surface area contributed by atoms with Gasteiger partial charge in [0.25, 0.3) is 0 Å². The molecule has 28 heavy (non-hydrogen) atoms. The molecular formula is C23H15ClFN3. The Morgan fingerprint density at radius 2 is 1.64 bits per heavy atom. The van der Waals surface area contributed by atoms with Crippen molar-refractivity contribution in [3.05, 3.63) is 89.3 Å². The van der Waals surface area contributed by atoms with Crippen LogP contribution in [0.4, 0.5) is 4.39 Å². The fourth-order valence-electron chi connectivity index (χ4n) is 3.45. The van der Waals surface area contributed by atoms with Crippen molar-refractivity contribution in [1.29, 1.82) is 0 Å². The molecule has 0 saturated carbocycles. The summed E-state index contributed by atoms with van der Waals surface area (Å²) in [5.41, 5.74) is 5.37. The summed E-state index contributed by atoms with van der Waals surface area (Å²) in [6, 6.07) is 20.3. The van der Waals surface area contributed by atoms with Crippen LogP contribution in [-0.4, -0.2) is 14.8 Å². The van der Waals surface area contributed by atoms with Crippen LogP contribution in [0.15, 0.2) is 72.9 Å². The van der Waals surface area contributed by atoms with Crippen LogP contribution in [0.25, 0.3) is 38.8 Å². The molecule has 0 bridgehead atoms. The summed E-state index contributed by atoms with van der Waals surface area (Å²) in [7, 11) is 0. The fourth-order valence-corrected chi connectivity index (χ4v) is 3.58. The van der Waals surface area contributed by atoms with Crippen LogP contribution in [0.5, 0.6) is 0 Å². The van der Waals surface area contributed by atoms with Crippen LogP contribution in [0.2, 0.25) is 5.02 Å². The molecule has 5 heteroatoms. The van der Waals surface area contributed by atoms with Gasteiger partial charge in [-0.2, -0.15) is 5.10 Å². The smallest absolute Gasteiger partial charge is 0.124 e. The molecule has 0 radical (unpaired) electrons. The van der Waals surface area contributed by atoms with Gasteiger partial charge in [-0.15, -0.1) is 0 Å². The predicted octanol–water partition coefficient (Wildman–Crippen LogP) is 6.34. The minimum Gasteiger partial charge on any atom is -0.255 e. The standard InChI is InChI=1S/C23H15ClFN3/c1-14-2-4-15(5-3-14)22-20-13-26-21-11-8-17(25)12-19(21)23(20)28(27-22)18-9-6-16(24)7-10-18/h2-13H,1H3. The highest BCUT2D eigenvalue weighted by atomic mass is 35.5. The van der Waals surface area contributed by atoms with Gasteiger partial charge in [0, 0.05) is 27.6 Å². The van der Waals surface area contributed by atoms with Gasteiger partial charge >= 0.3 is 0 Å². The first-order valence-electron chi connectivity index (χ1n) is 8.90. The quantitative estimate of drug-likeness (QED) is 0.353. The van der Waals surface area contributed by atoms with Crippen molar-refractivity contribution < 1.29 is 4.39 Å². The summed E-state index contributed by atoms with van der Waals surface area (Å²) in [6.45, 7) is 2.05. The van der Waals surface area contributed by atoms with E-state index in [-0.39, 0.29) is 5.82 Å². The van der Waals surface area contributed by atoms with E-state index < -0.39 is 0 Å². The maximum atomic E-state index is 14.1. The monoisotopic (exact) mass is 387 g/mol. The van der Waals surface area contributed by atoms with E-state index in [1.165, 1.54) is 17.7 Å². The van der Waals surface area contributed by atoms with E-state index in [4.69, 9.17) is 16.7 Å². The number of hydrogen-bond donors (Lipinski definition) is 0. The molecule has 3 nitrogen and oxygen atoms in total. The average molecular weight is 388 g/mol. The van der Waals surface area contributed by atoms with E-state index >= 15 is 0 Å². The molecule has 0 atom stereocenters. The molecule has 2 aromatic heterocycles. The third kappa shape index (κ3) is 2.74. The van der Waals surface area contributed by atoms with Gasteiger partial charge in [-0.1, -0.05) is 41.4 Å². The Kier molecular flexibility index (Phi) is 3.88. The first-order chi connectivity index (χ1) is 13.6. The highest BCUT2D eigenvalue weighted by molar-refractivity contribution is 6.30. The molecule has 0 aliphatic rings.